The number of ether oxygens (including phenoxy) is 1. The number of aryl methyl sites for hydroxylation is 1. The Balaban J connectivity index is 2.02. The molecular formula is C22H27BN6O5S. The van der Waals surface area contributed by atoms with Gasteiger partial charge in [0, 0.05) is 31.9 Å². The van der Waals surface area contributed by atoms with E-state index >= 15 is 0 Å². The Morgan fingerprint density at radius 2 is 2.00 bits per heavy atom. The summed E-state index contributed by atoms with van der Waals surface area (Å²) in [5.74, 6) is -0.402. The van der Waals surface area contributed by atoms with Crippen LogP contribution in [0, 0.1) is 0 Å². The van der Waals surface area contributed by atoms with Crippen molar-refractivity contribution < 1.29 is 23.2 Å². The van der Waals surface area contributed by atoms with Crippen LogP contribution < -0.4 is 10.2 Å². The summed E-state index contributed by atoms with van der Waals surface area (Å²) in [6.45, 7) is 0.350. The minimum Gasteiger partial charge on any atom is -0.497 e. The van der Waals surface area contributed by atoms with E-state index in [1.165, 1.54) is 43.8 Å². The predicted octanol–water partition coefficient (Wildman–Crippen LogP) is 1.36. The molecule has 0 spiro atoms. The summed E-state index contributed by atoms with van der Waals surface area (Å²) < 4.78 is 35.3. The first kappa shape index (κ1) is 26.3. The summed E-state index contributed by atoms with van der Waals surface area (Å²) in [6.07, 6.45) is 6.53. The third-order valence-corrected chi connectivity index (χ3v) is 7.28. The van der Waals surface area contributed by atoms with Crippen molar-refractivity contribution in [1.82, 2.24) is 29.8 Å². The highest BCUT2D eigenvalue weighted by atomic mass is 32.2. The third kappa shape index (κ3) is 6.65. The second kappa shape index (κ2) is 12.4. The minimum absolute atomic E-state index is 0.0347. The Hall–Kier alpha value is -3.29. The molecule has 13 heteroatoms. The summed E-state index contributed by atoms with van der Waals surface area (Å²) in [6, 6.07) is 7.91. The molecule has 0 bridgehead atoms. The summed E-state index contributed by atoms with van der Waals surface area (Å²) in [4.78, 5) is 16.9. The number of hydroxylamine groups is 1. The van der Waals surface area contributed by atoms with Gasteiger partial charge in [-0.3, -0.25) is 15.0 Å². The molecule has 0 aliphatic rings. The van der Waals surface area contributed by atoms with Gasteiger partial charge in [0.1, 0.15) is 11.8 Å². The fourth-order valence-electron chi connectivity index (χ4n) is 3.55. The van der Waals surface area contributed by atoms with Crippen LogP contribution in [0.5, 0.6) is 5.75 Å². The Kier molecular flexibility index (Phi) is 9.35. The van der Waals surface area contributed by atoms with Crippen molar-refractivity contribution in [3.05, 3.63) is 66.2 Å². The first-order valence-electron chi connectivity index (χ1n) is 11.0. The van der Waals surface area contributed by atoms with E-state index < -0.39 is 22.0 Å². The topological polar surface area (TPSA) is 140 Å². The Morgan fingerprint density at radius 3 is 2.63 bits per heavy atom. The number of unbranched alkanes of at least 4 members (excludes halogenated alkanes) is 1. The lowest BCUT2D eigenvalue weighted by Gasteiger charge is -2.29. The van der Waals surface area contributed by atoms with Gasteiger partial charge in [-0.1, -0.05) is 24.0 Å². The van der Waals surface area contributed by atoms with Crippen LogP contribution in [0.4, 0.5) is 0 Å². The number of hydrogen-bond donors (Lipinski definition) is 2. The first-order valence-corrected chi connectivity index (χ1v) is 12.4. The number of carbonyl (C=O) groups excluding carboxylic acids is 1. The molecule has 3 aromatic rings. The monoisotopic (exact) mass is 498 g/mol. The smallest absolute Gasteiger partial charge is 0.262 e. The SMILES string of the molecule is [B]CCCCn1nncc1C[C@H](C(=O)NO)N(Cc1cccnc1)S(=O)(=O)c1ccc(OC)cc1. The van der Waals surface area contributed by atoms with Crippen molar-refractivity contribution in [2.45, 2.75) is 49.6 Å². The number of methoxy groups -OCH3 is 1. The van der Waals surface area contributed by atoms with E-state index in [2.05, 4.69) is 15.3 Å². The molecule has 0 saturated heterocycles. The molecule has 184 valence electrons. The van der Waals surface area contributed by atoms with Crippen LogP contribution in [-0.2, 0) is 34.3 Å². The minimum atomic E-state index is -4.20. The number of nitrogens with one attached hydrogen (secondary N) is 1. The van der Waals surface area contributed by atoms with Crippen molar-refractivity contribution >= 4 is 23.8 Å². The molecular weight excluding hydrogens is 471 g/mol. The van der Waals surface area contributed by atoms with Crippen molar-refractivity contribution in [1.29, 1.82) is 0 Å². The molecule has 0 aliphatic heterocycles. The molecule has 1 aromatic carbocycles. The number of pyridine rings is 1. The molecule has 2 radical (unpaired) electrons. The van der Waals surface area contributed by atoms with Crippen LogP contribution in [0.15, 0.2) is 59.9 Å². The van der Waals surface area contributed by atoms with Crippen LogP contribution in [0.3, 0.4) is 0 Å². The maximum absolute atomic E-state index is 13.8. The van der Waals surface area contributed by atoms with Gasteiger partial charge < -0.3 is 4.74 Å². The van der Waals surface area contributed by atoms with E-state index in [4.69, 9.17) is 12.6 Å². The fourth-order valence-corrected chi connectivity index (χ4v) is 5.12. The van der Waals surface area contributed by atoms with E-state index in [1.54, 1.807) is 28.5 Å². The highest BCUT2D eigenvalue weighted by Crippen LogP contribution is 2.25. The average molecular weight is 498 g/mol. The van der Waals surface area contributed by atoms with Crippen molar-refractivity contribution in [3.8, 4) is 5.75 Å². The summed E-state index contributed by atoms with van der Waals surface area (Å²) in [7, 11) is 2.84. The number of benzene rings is 1. The molecule has 1 atom stereocenters. The standard InChI is InChI=1S/C22H27BN6O5S/c1-34-19-6-8-20(9-7-19)35(32,33)29(16-17-5-4-11-24-14-17)21(22(30)26-31)13-18-15-25-27-28(18)12-3-2-10-23/h4-9,11,14-15,21,31H,2-3,10,12-13,16H2,1H3,(H,26,30)/t21-/m1/s1. The maximum Gasteiger partial charge on any atom is 0.262 e. The maximum atomic E-state index is 13.8. The zero-order valence-electron chi connectivity index (χ0n) is 19.3. The lowest BCUT2D eigenvalue weighted by molar-refractivity contribution is -0.133. The fraction of sp³-hybridized carbons (Fsp3) is 0.364. The molecule has 0 aliphatic carbocycles. The van der Waals surface area contributed by atoms with Crippen LogP contribution >= 0.6 is 0 Å². The lowest BCUT2D eigenvalue weighted by Crippen LogP contribution is -2.50. The van der Waals surface area contributed by atoms with Gasteiger partial charge in [-0.15, -0.1) is 5.10 Å². The average Bonchev–Trinajstić information content (AvgIpc) is 3.33. The molecule has 35 heavy (non-hydrogen) atoms. The number of amides is 1. The zero-order valence-corrected chi connectivity index (χ0v) is 20.1. The normalized spacial score (nSPS) is 12.4. The number of carbonyl (C=O) groups is 1. The van der Waals surface area contributed by atoms with Crippen molar-refractivity contribution in [3.63, 3.8) is 0 Å². The highest BCUT2D eigenvalue weighted by Gasteiger charge is 2.37. The van der Waals surface area contributed by atoms with Gasteiger partial charge in [-0.25, -0.2) is 18.6 Å². The van der Waals surface area contributed by atoms with E-state index in [9.17, 15) is 18.4 Å². The quantitative estimate of drug-likeness (QED) is 0.156. The Bertz CT molecular complexity index is 1190. The summed E-state index contributed by atoms with van der Waals surface area (Å²) in [5.41, 5.74) is 2.71. The second-order valence-corrected chi connectivity index (χ2v) is 9.62. The third-order valence-electron chi connectivity index (χ3n) is 5.41. The molecule has 0 fully saturated rings. The van der Waals surface area contributed by atoms with Gasteiger partial charge in [-0.05, 0) is 42.3 Å². The van der Waals surface area contributed by atoms with Crippen molar-refractivity contribution in [2.24, 2.45) is 0 Å². The molecule has 1 amide bonds. The molecule has 3 rings (SSSR count). The molecule has 0 saturated carbocycles. The largest absolute Gasteiger partial charge is 0.497 e. The van der Waals surface area contributed by atoms with E-state index in [0.29, 0.717) is 29.9 Å². The van der Waals surface area contributed by atoms with Gasteiger partial charge in [0.15, 0.2) is 0 Å². The molecule has 0 unspecified atom stereocenters. The van der Waals surface area contributed by atoms with E-state index in [1.807, 2.05) is 0 Å². The number of sulfonamides is 1. The lowest BCUT2D eigenvalue weighted by atomic mass is 10.0. The molecule has 11 nitrogen and oxygen atoms in total. The summed E-state index contributed by atoms with van der Waals surface area (Å²) in [5, 5.41) is 17.5. The Labute approximate surface area is 205 Å². The van der Waals surface area contributed by atoms with Gasteiger partial charge in [0.25, 0.3) is 5.91 Å². The van der Waals surface area contributed by atoms with Crippen LogP contribution in [0.2, 0.25) is 6.32 Å². The van der Waals surface area contributed by atoms with Crippen molar-refractivity contribution in [2.75, 3.05) is 7.11 Å². The number of hydrogen-bond acceptors (Lipinski definition) is 8. The Morgan fingerprint density at radius 1 is 1.23 bits per heavy atom. The van der Waals surface area contributed by atoms with Gasteiger partial charge in [0.05, 0.1) is 31.7 Å². The predicted molar refractivity (Wildman–Crippen MR) is 127 cm³/mol. The number of aromatic nitrogens is 4. The summed E-state index contributed by atoms with van der Waals surface area (Å²) >= 11 is 0. The van der Waals surface area contributed by atoms with Crippen LogP contribution in [0.25, 0.3) is 0 Å². The number of nitrogens with zero attached hydrogens (tertiary/aromatic N) is 5. The van der Waals surface area contributed by atoms with Crippen LogP contribution in [-0.4, -0.2) is 64.8 Å². The van der Waals surface area contributed by atoms with Gasteiger partial charge in [0.2, 0.25) is 10.0 Å². The highest BCUT2D eigenvalue weighted by molar-refractivity contribution is 7.89. The molecule has 2 aromatic heterocycles. The van der Waals surface area contributed by atoms with E-state index in [-0.39, 0.29) is 17.9 Å². The molecule has 2 N–H and O–H groups in total. The molecule has 2 heterocycles. The van der Waals surface area contributed by atoms with E-state index in [0.717, 1.165) is 17.1 Å². The van der Waals surface area contributed by atoms with Crippen LogP contribution in [0.1, 0.15) is 24.1 Å². The number of rotatable bonds is 13. The first-order chi connectivity index (χ1) is 16.9. The second-order valence-electron chi connectivity index (χ2n) is 7.73. The van der Waals surface area contributed by atoms with Gasteiger partial charge in [-0.2, -0.15) is 4.31 Å². The van der Waals surface area contributed by atoms with Gasteiger partial charge >= 0.3 is 0 Å². The zero-order chi connectivity index (χ0) is 25.3.